The third-order valence-corrected chi connectivity index (χ3v) is 6.08. The molecule has 1 aliphatic heterocycles. The molecule has 0 spiro atoms. The lowest BCUT2D eigenvalue weighted by Crippen LogP contribution is -2.41. The maximum absolute atomic E-state index is 12.8. The SMILES string of the molecule is CCn1cc(NC(=O)C2CCN(C(=O)c3ccc(OC4CCCC4)cc3)CC2)cn1. The van der Waals surface area contributed by atoms with Crippen molar-refractivity contribution in [1.82, 2.24) is 14.7 Å². The zero-order valence-corrected chi connectivity index (χ0v) is 17.5. The van der Waals surface area contributed by atoms with E-state index in [0.717, 1.165) is 30.8 Å². The minimum atomic E-state index is -0.0822. The molecule has 7 nitrogen and oxygen atoms in total. The Labute approximate surface area is 177 Å². The maximum Gasteiger partial charge on any atom is 0.253 e. The number of hydrogen-bond donors (Lipinski definition) is 1. The average Bonchev–Trinajstić information content (AvgIpc) is 3.46. The first-order valence-corrected chi connectivity index (χ1v) is 11.0. The summed E-state index contributed by atoms with van der Waals surface area (Å²) in [5, 5.41) is 7.11. The third-order valence-electron chi connectivity index (χ3n) is 6.08. The normalized spacial score (nSPS) is 17.8. The fourth-order valence-corrected chi connectivity index (χ4v) is 4.25. The highest BCUT2D eigenvalue weighted by Gasteiger charge is 2.28. The van der Waals surface area contributed by atoms with Crippen LogP contribution in [0.1, 0.15) is 55.8 Å². The van der Waals surface area contributed by atoms with Gasteiger partial charge in [-0.3, -0.25) is 14.3 Å². The highest BCUT2D eigenvalue weighted by atomic mass is 16.5. The fourth-order valence-electron chi connectivity index (χ4n) is 4.25. The molecular weight excluding hydrogens is 380 g/mol. The molecule has 2 amide bonds. The molecule has 1 aliphatic carbocycles. The largest absolute Gasteiger partial charge is 0.490 e. The zero-order chi connectivity index (χ0) is 20.9. The zero-order valence-electron chi connectivity index (χ0n) is 17.5. The van der Waals surface area contributed by atoms with Crippen LogP contribution in [0.2, 0.25) is 0 Å². The Balaban J connectivity index is 1.26. The first-order valence-electron chi connectivity index (χ1n) is 11.0. The summed E-state index contributed by atoms with van der Waals surface area (Å²) in [6, 6.07) is 7.47. The van der Waals surface area contributed by atoms with E-state index in [4.69, 9.17) is 4.74 Å². The van der Waals surface area contributed by atoms with Crippen molar-refractivity contribution in [1.29, 1.82) is 0 Å². The van der Waals surface area contributed by atoms with E-state index in [1.807, 2.05) is 42.3 Å². The second-order valence-electron chi connectivity index (χ2n) is 8.19. The number of anilines is 1. The van der Waals surface area contributed by atoms with Gasteiger partial charge >= 0.3 is 0 Å². The number of amides is 2. The summed E-state index contributed by atoms with van der Waals surface area (Å²) >= 11 is 0. The number of carbonyl (C=O) groups is 2. The minimum absolute atomic E-state index is 0.00571. The van der Waals surface area contributed by atoms with Gasteiger partial charge in [0.1, 0.15) is 5.75 Å². The lowest BCUT2D eigenvalue weighted by Gasteiger charge is -2.31. The van der Waals surface area contributed by atoms with Crippen molar-refractivity contribution < 1.29 is 14.3 Å². The molecule has 30 heavy (non-hydrogen) atoms. The van der Waals surface area contributed by atoms with Gasteiger partial charge in [-0.2, -0.15) is 5.10 Å². The lowest BCUT2D eigenvalue weighted by atomic mass is 9.95. The van der Waals surface area contributed by atoms with Gasteiger partial charge in [-0.05, 0) is 69.7 Å². The second kappa shape index (κ2) is 9.32. The van der Waals surface area contributed by atoms with E-state index in [0.29, 0.717) is 37.6 Å². The summed E-state index contributed by atoms with van der Waals surface area (Å²) in [6.07, 6.45) is 9.85. The molecule has 1 N–H and O–H groups in total. The number of aryl methyl sites for hydroxylation is 1. The Morgan fingerprint density at radius 3 is 2.43 bits per heavy atom. The van der Waals surface area contributed by atoms with Crippen LogP contribution in [-0.2, 0) is 11.3 Å². The van der Waals surface area contributed by atoms with E-state index >= 15 is 0 Å². The number of carbonyl (C=O) groups excluding carboxylic acids is 2. The van der Waals surface area contributed by atoms with Crippen molar-refractivity contribution in [3.05, 3.63) is 42.2 Å². The summed E-state index contributed by atoms with van der Waals surface area (Å²) < 4.78 is 7.76. The summed E-state index contributed by atoms with van der Waals surface area (Å²) in [6.45, 7) is 3.95. The number of ether oxygens (including phenoxy) is 1. The predicted molar refractivity (Wildman–Crippen MR) is 114 cm³/mol. The highest BCUT2D eigenvalue weighted by molar-refractivity contribution is 5.95. The van der Waals surface area contributed by atoms with Crippen LogP contribution in [0.5, 0.6) is 5.75 Å². The van der Waals surface area contributed by atoms with Crippen LogP contribution in [0.4, 0.5) is 5.69 Å². The Morgan fingerprint density at radius 1 is 1.10 bits per heavy atom. The third kappa shape index (κ3) is 4.83. The number of rotatable bonds is 6. The van der Waals surface area contributed by atoms with Crippen LogP contribution in [0.3, 0.4) is 0 Å². The quantitative estimate of drug-likeness (QED) is 0.788. The molecule has 1 aromatic carbocycles. The molecule has 4 rings (SSSR count). The van der Waals surface area contributed by atoms with Gasteiger partial charge in [0.15, 0.2) is 0 Å². The molecule has 0 atom stereocenters. The second-order valence-corrected chi connectivity index (χ2v) is 8.19. The van der Waals surface area contributed by atoms with E-state index in [1.165, 1.54) is 12.8 Å². The molecular formula is C23H30N4O3. The van der Waals surface area contributed by atoms with E-state index in [1.54, 1.807) is 10.9 Å². The van der Waals surface area contributed by atoms with Crippen molar-refractivity contribution >= 4 is 17.5 Å². The molecule has 0 radical (unpaired) electrons. The molecule has 2 fully saturated rings. The standard InChI is InChI=1S/C23H30N4O3/c1-2-27-16-19(15-24-27)25-22(28)17-11-13-26(14-12-17)23(29)18-7-9-21(10-8-18)30-20-5-3-4-6-20/h7-10,15-17,20H,2-6,11-14H2,1H3,(H,25,28). The van der Waals surface area contributed by atoms with E-state index < -0.39 is 0 Å². The minimum Gasteiger partial charge on any atom is -0.490 e. The predicted octanol–water partition coefficient (Wildman–Crippen LogP) is 3.72. The van der Waals surface area contributed by atoms with Crippen LogP contribution < -0.4 is 10.1 Å². The molecule has 1 aromatic heterocycles. The number of benzene rings is 1. The molecule has 0 bridgehead atoms. The first kappa shape index (κ1) is 20.4. The van der Waals surface area contributed by atoms with Crippen LogP contribution in [0.25, 0.3) is 0 Å². The molecule has 7 heteroatoms. The number of likely N-dealkylation sites (tertiary alicyclic amines) is 1. The van der Waals surface area contributed by atoms with Crippen molar-refractivity contribution in [2.24, 2.45) is 5.92 Å². The summed E-state index contributed by atoms with van der Waals surface area (Å²) in [5.74, 6) is 0.776. The van der Waals surface area contributed by atoms with Crippen molar-refractivity contribution in [2.45, 2.75) is 58.1 Å². The van der Waals surface area contributed by atoms with Gasteiger partial charge < -0.3 is 15.0 Å². The fraction of sp³-hybridized carbons (Fsp3) is 0.522. The van der Waals surface area contributed by atoms with Crippen LogP contribution in [-0.4, -0.2) is 45.7 Å². The van der Waals surface area contributed by atoms with Crippen LogP contribution in [0, 0.1) is 5.92 Å². The summed E-state index contributed by atoms with van der Waals surface area (Å²) in [5.41, 5.74) is 1.39. The molecule has 2 aliphatic rings. The maximum atomic E-state index is 12.8. The lowest BCUT2D eigenvalue weighted by molar-refractivity contribution is -0.121. The van der Waals surface area contributed by atoms with Gasteiger partial charge in [-0.25, -0.2) is 0 Å². The Morgan fingerprint density at radius 2 is 1.80 bits per heavy atom. The van der Waals surface area contributed by atoms with Gasteiger partial charge in [0.25, 0.3) is 5.91 Å². The van der Waals surface area contributed by atoms with Crippen LogP contribution >= 0.6 is 0 Å². The monoisotopic (exact) mass is 410 g/mol. The molecule has 0 unspecified atom stereocenters. The van der Waals surface area contributed by atoms with Crippen molar-refractivity contribution in [3.8, 4) is 5.75 Å². The first-order chi connectivity index (χ1) is 14.6. The smallest absolute Gasteiger partial charge is 0.253 e. The van der Waals surface area contributed by atoms with E-state index in [2.05, 4.69) is 10.4 Å². The van der Waals surface area contributed by atoms with Crippen LogP contribution in [0.15, 0.2) is 36.7 Å². The molecule has 2 heterocycles. The van der Waals surface area contributed by atoms with Crippen molar-refractivity contribution in [3.63, 3.8) is 0 Å². The summed E-state index contributed by atoms with van der Waals surface area (Å²) in [7, 11) is 0. The van der Waals surface area contributed by atoms with Crippen molar-refractivity contribution in [2.75, 3.05) is 18.4 Å². The number of aromatic nitrogens is 2. The molecule has 1 saturated carbocycles. The Hall–Kier alpha value is -2.83. The van der Waals surface area contributed by atoms with Gasteiger partial charge in [-0.15, -0.1) is 0 Å². The number of piperidine rings is 1. The number of nitrogens with one attached hydrogen (secondary N) is 1. The molecule has 2 aromatic rings. The molecule has 160 valence electrons. The van der Waals surface area contributed by atoms with E-state index in [-0.39, 0.29) is 17.7 Å². The Bertz CT molecular complexity index is 863. The molecule has 1 saturated heterocycles. The highest BCUT2D eigenvalue weighted by Crippen LogP contribution is 2.25. The topological polar surface area (TPSA) is 76.5 Å². The van der Waals surface area contributed by atoms with Gasteiger partial charge in [-0.1, -0.05) is 0 Å². The number of nitrogens with zero attached hydrogens (tertiary/aromatic N) is 3. The number of hydrogen-bond acceptors (Lipinski definition) is 4. The summed E-state index contributed by atoms with van der Waals surface area (Å²) in [4.78, 5) is 27.2. The Kier molecular flexibility index (Phi) is 6.35. The average molecular weight is 411 g/mol. The van der Waals surface area contributed by atoms with Gasteiger partial charge in [0, 0.05) is 37.3 Å². The van der Waals surface area contributed by atoms with E-state index in [9.17, 15) is 9.59 Å². The van der Waals surface area contributed by atoms with Gasteiger partial charge in [0.2, 0.25) is 5.91 Å². The van der Waals surface area contributed by atoms with Gasteiger partial charge in [0.05, 0.1) is 18.0 Å².